The minimum Gasteiger partial charge on any atom is -0.322 e. The standard InChI is InChI=1S/C19H21N3O3S/c1-14-11-12-22(21-14)18-9-5-16(6-10-18)19(23)20-17-7-3-15(4-8-17)13-26(2,24)25/h3-10H,11-13H2,1-2H3,(H,20,23). The second-order valence-corrected chi connectivity index (χ2v) is 8.62. The number of hydrazone groups is 1. The Morgan fingerprint density at radius 1 is 1.12 bits per heavy atom. The van der Waals surface area contributed by atoms with Gasteiger partial charge >= 0.3 is 0 Å². The van der Waals surface area contributed by atoms with Gasteiger partial charge in [-0.05, 0) is 48.9 Å². The monoisotopic (exact) mass is 371 g/mol. The molecular formula is C19H21N3O3S. The summed E-state index contributed by atoms with van der Waals surface area (Å²) in [6.07, 6.45) is 2.15. The first kappa shape index (κ1) is 18.1. The Hall–Kier alpha value is -2.67. The smallest absolute Gasteiger partial charge is 0.255 e. The maximum absolute atomic E-state index is 12.4. The van der Waals surface area contributed by atoms with Crippen molar-refractivity contribution in [1.29, 1.82) is 0 Å². The van der Waals surface area contributed by atoms with Crippen molar-refractivity contribution in [2.75, 3.05) is 23.1 Å². The summed E-state index contributed by atoms with van der Waals surface area (Å²) >= 11 is 0. The zero-order chi connectivity index (χ0) is 18.7. The Morgan fingerprint density at radius 2 is 1.77 bits per heavy atom. The zero-order valence-electron chi connectivity index (χ0n) is 14.8. The van der Waals surface area contributed by atoms with E-state index in [0.717, 1.165) is 24.4 Å². The lowest BCUT2D eigenvalue weighted by atomic mass is 10.1. The van der Waals surface area contributed by atoms with Gasteiger partial charge in [-0.1, -0.05) is 12.1 Å². The first-order valence-corrected chi connectivity index (χ1v) is 10.4. The third-order valence-electron chi connectivity index (χ3n) is 4.05. The van der Waals surface area contributed by atoms with E-state index in [1.165, 1.54) is 6.26 Å². The van der Waals surface area contributed by atoms with Gasteiger partial charge < -0.3 is 5.32 Å². The number of carbonyl (C=O) groups excluding carboxylic acids is 1. The lowest BCUT2D eigenvalue weighted by molar-refractivity contribution is 0.102. The number of carbonyl (C=O) groups is 1. The number of rotatable bonds is 5. The molecule has 0 fully saturated rings. The van der Waals surface area contributed by atoms with Crippen LogP contribution in [0.4, 0.5) is 11.4 Å². The average Bonchev–Trinajstić information content (AvgIpc) is 3.02. The number of hydrogen-bond acceptors (Lipinski definition) is 5. The summed E-state index contributed by atoms with van der Waals surface area (Å²) in [6, 6.07) is 14.1. The summed E-state index contributed by atoms with van der Waals surface area (Å²) < 4.78 is 22.6. The predicted octanol–water partition coefficient (Wildman–Crippen LogP) is 3.07. The molecule has 1 N–H and O–H groups in total. The highest BCUT2D eigenvalue weighted by molar-refractivity contribution is 7.89. The van der Waals surface area contributed by atoms with E-state index in [2.05, 4.69) is 10.4 Å². The van der Waals surface area contributed by atoms with Crippen molar-refractivity contribution in [3.8, 4) is 0 Å². The van der Waals surface area contributed by atoms with Crippen molar-refractivity contribution in [3.63, 3.8) is 0 Å². The molecule has 0 spiro atoms. The van der Waals surface area contributed by atoms with Crippen molar-refractivity contribution in [2.24, 2.45) is 5.10 Å². The molecule has 3 rings (SSSR count). The van der Waals surface area contributed by atoms with Crippen LogP contribution in [-0.4, -0.2) is 32.8 Å². The summed E-state index contributed by atoms with van der Waals surface area (Å²) in [6.45, 7) is 2.86. The van der Waals surface area contributed by atoms with Crippen LogP contribution in [-0.2, 0) is 15.6 Å². The Bertz CT molecular complexity index is 933. The van der Waals surface area contributed by atoms with Crippen LogP contribution in [0.1, 0.15) is 29.3 Å². The maximum atomic E-state index is 12.4. The molecule has 0 radical (unpaired) electrons. The Labute approximate surface area is 153 Å². The van der Waals surface area contributed by atoms with E-state index in [4.69, 9.17) is 0 Å². The van der Waals surface area contributed by atoms with Crippen LogP contribution in [0.15, 0.2) is 53.6 Å². The lowest BCUT2D eigenvalue weighted by Crippen LogP contribution is -2.14. The van der Waals surface area contributed by atoms with Crippen molar-refractivity contribution in [2.45, 2.75) is 19.1 Å². The second kappa shape index (κ2) is 7.29. The van der Waals surface area contributed by atoms with Crippen molar-refractivity contribution in [3.05, 3.63) is 59.7 Å². The van der Waals surface area contributed by atoms with Crippen LogP contribution in [0, 0.1) is 0 Å². The molecule has 1 amide bonds. The maximum Gasteiger partial charge on any atom is 0.255 e. The molecule has 1 aliphatic heterocycles. The summed E-state index contributed by atoms with van der Waals surface area (Å²) in [5.74, 6) is -0.227. The molecule has 1 heterocycles. The first-order chi connectivity index (χ1) is 12.3. The van der Waals surface area contributed by atoms with Gasteiger partial charge in [-0.25, -0.2) is 8.42 Å². The summed E-state index contributed by atoms with van der Waals surface area (Å²) in [5, 5.41) is 9.18. The second-order valence-electron chi connectivity index (χ2n) is 6.48. The molecule has 0 aliphatic carbocycles. The molecule has 0 bridgehead atoms. The topological polar surface area (TPSA) is 78.8 Å². The van der Waals surface area contributed by atoms with E-state index in [-0.39, 0.29) is 11.7 Å². The normalized spacial score (nSPS) is 14.2. The predicted molar refractivity (Wildman–Crippen MR) is 104 cm³/mol. The van der Waals surface area contributed by atoms with E-state index in [0.29, 0.717) is 16.8 Å². The number of benzene rings is 2. The van der Waals surface area contributed by atoms with Gasteiger partial charge in [0.05, 0.1) is 11.4 Å². The first-order valence-electron chi connectivity index (χ1n) is 8.30. The van der Waals surface area contributed by atoms with E-state index < -0.39 is 9.84 Å². The SMILES string of the molecule is CC1=NN(c2ccc(C(=O)Nc3ccc(CS(C)(=O)=O)cc3)cc2)CC1. The number of nitrogens with one attached hydrogen (secondary N) is 1. The third kappa shape index (κ3) is 4.70. The largest absolute Gasteiger partial charge is 0.322 e. The minimum atomic E-state index is -3.07. The van der Waals surface area contributed by atoms with Gasteiger partial charge in [0, 0.05) is 36.2 Å². The molecule has 7 heteroatoms. The van der Waals surface area contributed by atoms with Gasteiger partial charge in [0.25, 0.3) is 5.91 Å². The number of amides is 1. The highest BCUT2D eigenvalue weighted by Gasteiger charge is 2.13. The van der Waals surface area contributed by atoms with Gasteiger partial charge in [0.1, 0.15) is 0 Å². The van der Waals surface area contributed by atoms with Crippen LogP contribution in [0.5, 0.6) is 0 Å². The van der Waals surface area contributed by atoms with E-state index in [1.54, 1.807) is 36.4 Å². The van der Waals surface area contributed by atoms with Crippen molar-refractivity contribution in [1.82, 2.24) is 0 Å². The average molecular weight is 371 g/mol. The van der Waals surface area contributed by atoms with Crippen LogP contribution in [0.25, 0.3) is 0 Å². The quantitative estimate of drug-likeness (QED) is 0.876. The van der Waals surface area contributed by atoms with Gasteiger partial charge in [-0.15, -0.1) is 0 Å². The molecule has 2 aromatic rings. The fraction of sp³-hybridized carbons (Fsp3) is 0.263. The van der Waals surface area contributed by atoms with Crippen LogP contribution < -0.4 is 10.3 Å². The summed E-state index contributed by atoms with van der Waals surface area (Å²) in [4.78, 5) is 12.4. The molecule has 0 atom stereocenters. The van der Waals surface area contributed by atoms with Crippen LogP contribution in [0.2, 0.25) is 0 Å². The fourth-order valence-electron chi connectivity index (χ4n) is 2.74. The molecule has 0 saturated carbocycles. The lowest BCUT2D eigenvalue weighted by Gasteiger charge is -2.14. The van der Waals surface area contributed by atoms with Crippen LogP contribution >= 0.6 is 0 Å². The van der Waals surface area contributed by atoms with E-state index in [9.17, 15) is 13.2 Å². The molecule has 0 aromatic heterocycles. The molecule has 0 saturated heterocycles. The van der Waals surface area contributed by atoms with Gasteiger partial charge in [-0.3, -0.25) is 9.80 Å². The Kier molecular flexibility index (Phi) is 5.08. The van der Waals surface area contributed by atoms with Gasteiger partial charge in [-0.2, -0.15) is 5.10 Å². The van der Waals surface area contributed by atoms with Crippen molar-refractivity contribution >= 4 is 32.8 Å². The minimum absolute atomic E-state index is 0.0128. The van der Waals surface area contributed by atoms with Gasteiger partial charge in [0.2, 0.25) is 0 Å². The number of hydrogen-bond donors (Lipinski definition) is 1. The third-order valence-corrected chi connectivity index (χ3v) is 4.90. The number of sulfone groups is 1. The number of anilines is 2. The molecule has 136 valence electrons. The molecule has 0 unspecified atom stereocenters. The number of nitrogens with zero attached hydrogens (tertiary/aromatic N) is 2. The molecular weight excluding hydrogens is 350 g/mol. The highest BCUT2D eigenvalue weighted by atomic mass is 32.2. The Morgan fingerprint density at radius 3 is 2.31 bits per heavy atom. The highest BCUT2D eigenvalue weighted by Crippen LogP contribution is 2.20. The zero-order valence-corrected chi connectivity index (χ0v) is 15.6. The summed E-state index contributed by atoms with van der Waals surface area (Å²) in [7, 11) is -3.07. The van der Waals surface area contributed by atoms with Crippen molar-refractivity contribution < 1.29 is 13.2 Å². The van der Waals surface area contributed by atoms with E-state index >= 15 is 0 Å². The molecule has 6 nitrogen and oxygen atoms in total. The molecule has 26 heavy (non-hydrogen) atoms. The van der Waals surface area contributed by atoms with Gasteiger partial charge in [0.15, 0.2) is 9.84 Å². The van der Waals surface area contributed by atoms with E-state index in [1.807, 2.05) is 24.1 Å². The Balaban J connectivity index is 1.64. The fourth-order valence-corrected chi connectivity index (χ4v) is 3.53. The molecule has 1 aliphatic rings. The summed E-state index contributed by atoms with van der Waals surface area (Å²) in [5.41, 5.74) is 3.93. The molecule has 2 aromatic carbocycles. The van der Waals surface area contributed by atoms with Crippen LogP contribution in [0.3, 0.4) is 0 Å².